The number of ketones is 2. The van der Waals surface area contributed by atoms with Gasteiger partial charge >= 0.3 is 0 Å². The summed E-state index contributed by atoms with van der Waals surface area (Å²) in [5, 5.41) is 168. The average molecular weight is 1480 g/mol. The van der Waals surface area contributed by atoms with Crippen LogP contribution in [0.4, 0.5) is 5.69 Å². The van der Waals surface area contributed by atoms with Crippen LogP contribution in [0.25, 0.3) is 0 Å². The highest BCUT2D eigenvalue weighted by atomic mass is 16.7. The highest BCUT2D eigenvalue weighted by Crippen LogP contribution is 2.25. The molecule has 1 saturated heterocycles. The molecule has 1 aromatic rings. The van der Waals surface area contributed by atoms with Gasteiger partial charge in [-0.3, -0.25) is 29.3 Å². The first kappa shape index (κ1) is 93.8. The molecule has 26 heteroatoms. The van der Waals surface area contributed by atoms with Crippen LogP contribution in [0.1, 0.15) is 155 Å². The summed E-state index contributed by atoms with van der Waals surface area (Å²) in [6, 6.07) is 5.17. The van der Waals surface area contributed by atoms with E-state index in [1.165, 1.54) is 54.6 Å². The van der Waals surface area contributed by atoms with Crippen LogP contribution in [0.15, 0.2) is 182 Å². The molecule has 0 aromatic heterocycles. The number of unbranched alkanes of at least 4 members (excludes halogenated alkanes) is 1. The fraction of sp³-hybridized carbons (Fsp3) is 0.544. The molecule has 0 spiro atoms. The van der Waals surface area contributed by atoms with Crippen molar-refractivity contribution in [3.05, 3.63) is 197 Å². The number of allylic oxidation sites excluding steroid dienone is 18. The third-order valence-electron chi connectivity index (χ3n) is 16.9. The highest BCUT2D eigenvalue weighted by Gasteiger charge is 2.43. The minimum atomic E-state index is -1.32. The fourth-order valence-electron chi connectivity index (χ4n) is 10.6. The van der Waals surface area contributed by atoms with Crippen molar-refractivity contribution in [2.24, 2.45) is 17.8 Å². The van der Waals surface area contributed by atoms with E-state index in [0.29, 0.717) is 19.3 Å². The molecule has 1 heterocycles. The molecule has 3 rings (SSSR count). The lowest BCUT2D eigenvalue weighted by molar-refractivity contribution is -0.384. The maximum absolute atomic E-state index is 12.1. The molecule has 2 aliphatic rings. The lowest BCUT2D eigenvalue weighted by atomic mass is 9.88. The Morgan fingerprint density at radius 3 is 1.67 bits per heavy atom. The van der Waals surface area contributed by atoms with Gasteiger partial charge in [-0.15, -0.1) is 0 Å². The van der Waals surface area contributed by atoms with Gasteiger partial charge < -0.3 is 96.7 Å². The van der Waals surface area contributed by atoms with Gasteiger partial charge in [-0.1, -0.05) is 167 Å². The zero-order valence-electron chi connectivity index (χ0n) is 61.2. The number of aliphatic hydroxyl groups excluding tert-OH is 15. The first-order chi connectivity index (χ1) is 49.8. The van der Waals surface area contributed by atoms with Crippen molar-refractivity contribution >= 4 is 29.1 Å². The zero-order chi connectivity index (χ0) is 78.4. The minimum Gasteiger partial charge on any atom is -0.510 e. The van der Waals surface area contributed by atoms with Crippen LogP contribution in [0.2, 0.25) is 0 Å². The number of nitro groups is 1. The summed E-state index contributed by atoms with van der Waals surface area (Å²) >= 11 is 0. The van der Waals surface area contributed by atoms with E-state index in [4.69, 9.17) is 9.47 Å². The standard InChI is InChI=1S/C43H59NO10.C36H58N2O13/c1-30(24-20-16-12-8-5-6-11-15-19-23-27-37(48)44-38-35(46)28-29-36(38)47)39(49)32(3)34(45)26-22-18-14-10-7-9-13-17-21-25-31(2)53-43-42(52)41(51)40(50)33(4)54-43;1-23(2)35(48)22-34(47)21-33(46)19-29(42)9-4-8-28(41)18-32(45)20-31(44)17-27(40)7-3-6-26(39)16-30(43)10-5-15-37-36(49)24-11-13-25(14-12-24)38(50)51/h5-11,13-15,17-24,26-27,30-34,39-43,45-46,49-52H,12,16,25,28-29H2,1-4H3,(H,44,48);3-4,7,9,11-14,23,26-34,39-47H,5-6,8,10,15-22H2,1-2H3,(H,37,49)/b8-5+,10-7+,11-6+,13-9+,18-14+,19-15+,21-17+,24-20+,26-22+,27-23+;7-3+,9-4+. The smallest absolute Gasteiger partial charge is 0.269 e. The number of hydrogen-bond acceptors (Lipinski definition) is 23. The molecule has 19 unspecified atom stereocenters. The van der Waals surface area contributed by atoms with E-state index in [1.807, 2.05) is 99.8 Å². The molecule has 1 aromatic carbocycles. The Kier molecular flexibility index (Phi) is 47.7. The maximum atomic E-state index is 12.1. The number of rotatable bonds is 48. The van der Waals surface area contributed by atoms with E-state index in [-0.39, 0.29) is 135 Å². The Balaban J connectivity index is 0.000000715. The second-order valence-corrected chi connectivity index (χ2v) is 26.8. The number of ether oxygens (including phenoxy) is 2. The Bertz CT molecular complexity index is 3110. The third kappa shape index (κ3) is 42.0. The van der Waals surface area contributed by atoms with E-state index in [9.17, 15) is 106 Å². The molecule has 1 aliphatic carbocycles. The molecule has 1 aliphatic heterocycles. The van der Waals surface area contributed by atoms with Crippen LogP contribution in [0, 0.1) is 27.9 Å². The second-order valence-electron chi connectivity index (χ2n) is 26.8. The SMILES string of the molecule is CC(C)C(=O)CC(O)CC(O)CC(O)/C=C/CC(O)CC(O)CC(O)CC(O)/C=C/CC(O)CC(O)CCCNC(=O)c1ccc([N+](=O)[O-])cc1.CC(C/C=C/C=C/C=C/C=C/C=C/C(O)C(C)C(O)C(C)/C=C/CC/C=C/C=C/C=C/C=C/C(=O)NC1=C(O)CCC1=O)OC1OC(C)C(O)C(O)C1O. The van der Waals surface area contributed by atoms with Crippen molar-refractivity contribution in [3.63, 3.8) is 0 Å². The Hall–Kier alpha value is -7.32. The number of Topliss-reactive ketones (excluding diaryl/α,β-unsaturated/α-hetero) is 2. The van der Waals surface area contributed by atoms with Crippen LogP contribution in [-0.2, 0) is 23.9 Å². The molecule has 19 atom stereocenters. The highest BCUT2D eigenvalue weighted by molar-refractivity contribution is 6.03. The van der Waals surface area contributed by atoms with Gasteiger partial charge in [-0.05, 0) is 96.6 Å². The van der Waals surface area contributed by atoms with Gasteiger partial charge in [0.05, 0.1) is 84.3 Å². The van der Waals surface area contributed by atoms with Crippen LogP contribution < -0.4 is 10.6 Å². The molecule has 1 fully saturated rings. The normalized spacial score (nSPS) is 22.0. The fourth-order valence-corrected chi connectivity index (χ4v) is 10.6. The summed E-state index contributed by atoms with van der Waals surface area (Å²) in [6.07, 6.45) is 28.9. The van der Waals surface area contributed by atoms with Gasteiger partial charge in [0.2, 0.25) is 5.91 Å². The maximum Gasteiger partial charge on any atom is 0.269 e. The lowest BCUT2D eigenvalue weighted by Gasteiger charge is -2.39. The van der Waals surface area contributed by atoms with Crippen LogP contribution in [0.5, 0.6) is 0 Å². The van der Waals surface area contributed by atoms with E-state index < -0.39 is 115 Å². The zero-order valence-corrected chi connectivity index (χ0v) is 61.2. The molecule has 586 valence electrons. The molecule has 2 amide bonds. The summed E-state index contributed by atoms with van der Waals surface area (Å²) in [5.74, 6) is -2.05. The monoisotopic (exact) mass is 1480 g/mol. The van der Waals surface area contributed by atoms with Gasteiger partial charge in [0.15, 0.2) is 12.1 Å². The number of carbonyl (C=O) groups excluding carboxylic acids is 4. The number of amides is 2. The van der Waals surface area contributed by atoms with Crippen molar-refractivity contribution < 1.29 is 110 Å². The van der Waals surface area contributed by atoms with E-state index in [0.717, 1.165) is 12.8 Å². The third-order valence-corrected chi connectivity index (χ3v) is 16.9. The van der Waals surface area contributed by atoms with Crippen LogP contribution in [-0.4, -0.2) is 215 Å². The molecular weight excluding hydrogens is 1360 g/mol. The lowest BCUT2D eigenvalue weighted by Crippen LogP contribution is -2.57. The molecule has 0 radical (unpaired) electrons. The summed E-state index contributed by atoms with van der Waals surface area (Å²) in [5.41, 5.74) is 0.131. The number of nitrogens with one attached hydrogen (secondary N) is 2. The Labute approximate surface area is 617 Å². The van der Waals surface area contributed by atoms with Crippen molar-refractivity contribution in [2.45, 2.75) is 248 Å². The van der Waals surface area contributed by atoms with Gasteiger partial charge in [-0.2, -0.15) is 0 Å². The Morgan fingerprint density at radius 1 is 0.590 bits per heavy atom. The Morgan fingerprint density at radius 2 is 1.10 bits per heavy atom. The predicted octanol–water partition coefficient (Wildman–Crippen LogP) is 6.40. The van der Waals surface area contributed by atoms with Gasteiger partial charge in [0, 0.05) is 80.2 Å². The van der Waals surface area contributed by atoms with Gasteiger partial charge in [0.25, 0.3) is 11.6 Å². The number of nitro benzene ring substituents is 1. The van der Waals surface area contributed by atoms with Crippen molar-refractivity contribution in [3.8, 4) is 0 Å². The molecule has 17 N–H and O–H groups in total. The first-order valence-corrected chi connectivity index (χ1v) is 35.9. The van der Waals surface area contributed by atoms with E-state index in [1.54, 1.807) is 57.2 Å². The molecular formula is C79H117N3O23. The van der Waals surface area contributed by atoms with Crippen molar-refractivity contribution in [1.29, 1.82) is 0 Å². The molecule has 105 heavy (non-hydrogen) atoms. The topological polar surface area (TPSA) is 457 Å². The average Bonchev–Trinajstić information content (AvgIpc) is 1.37. The summed E-state index contributed by atoms with van der Waals surface area (Å²) in [4.78, 5) is 57.4. The van der Waals surface area contributed by atoms with Gasteiger partial charge in [0.1, 0.15) is 35.6 Å². The van der Waals surface area contributed by atoms with Crippen LogP contribution in [0.3, 0.4) is 0 Å². The van der Waals surface area contributed by atoms with Crippen LogP contribution >= 0.6 is 0 Å². The summed E-state index contributed by atoms with van der Waals surface area (Å²) < 4.78 is 11.1. The number of benzene rings is 1. The summed E-state index contributed by atoms with van der Waals surface area (Å²) in [6.45, 7) is 10.9. The quantitative estimate of drug-likeness (QED) is 0.00838. The minimum absolute atomic E-state index is 0.0185. The second kappa shape index (κ2) is 53.5. The van der Waals surface area contributed by atoms with E-state index in [2.05, 4.69) is 10.6 Å². The van der Waals surface area contributed by atoms with E-state index >= 15 is 0 Å². The summed E-state index contributed by atoms with van der Waals surface area (Å²) in [7, 11) is 0. The predicted molar refractivity (Wildman–Crippen MR) is 399 cm³/mol. The number of non-ortho nitro benzene ring substituents is 1. The van der Waals surface area contributed by atoms with Crippen molar-refractivity contribution in [1.82, 2.24) is 10.6 Å². The van der Waals surface area contributed by atoms with Crippen molar-refractivity contribution in [2.75, 3.05) is 6.54 Å². The first-order valence-electron chi connectivity index (χ1n) is 35.9. The number of hydrogen-bond donors (Lipinski definition) is 17. The van der Waals surface area contributed by atoms with Gasteiger partial charge in [-0.25, -0.2) is 0 Å². The number of aliphatic hydroxyl groups is 15. The molecule has 26 nitrogen and oxygen atoms in total. The number of carbonyl (C=O) groups is 4. The largest absolute Gasteiger partial charge is 0.510 e. The number of nitrogens with zero attached hydrogens (tertiary/aromatic N) is 1. The molecule has 0 saturated carbocycles. The molecule has 0 bridgehead atoms.